The molecular weight excluding hydrogens is 252 g/mol. The highest BCUT2D eigenvalue weighted by Crippen LogP contribution is 2.10. The lowest BCUT2D eigenvalue weighted by Crippen LogP contribution is -2.43. The summed E-state index contributed by atoms with van der Waals surface area (Å²) in [6, 6.07) is 0.474. The second-order valence-corrected chi connectivity index (χ2v) is 6.60. The van der Waals surface area contributed by atoms with Crippen LogP contribution in [0.15, 0.2) is 0 Å². The van der Waals surface area contributed by atoms with Gasteiger partial charge in [-0.1, -0.05) is 27.2 Å². The number of hydrogen-bond donors (Lipinski definition) is 1. The molecule has 2 atom stereocenters. The van der Waals surface area contributed by atoms with E-state index >= 15 is 0 Å². The van der Waals surface area contributed by atoms with E-state index < -0.39 is 5.60 Å². The molecule has 0 aliphatic heterocycles. The molecule has 0 bridgehead atoms. The topological polar surface area (TPSA) is 41.6 Å². The van der Waals surface area contributed by atoms with Crippen LogP contribution in [0.3, 0.4) is 0 Å². The van der Waals surface area contributed by atoms with E-state index in [0.29, 0.717) is 18.5 Å². The summed E-state index contributed by atoms with van der Waals surface area (Å²) in [7, 11) is 0. The quantitative estimate of drug-likeness (QED) is 0.740. The van der Waals surface area contributed by atoms with Gasteiger partial charge in [0.1, 0.15) is 5.60 Å². The number of nitrogens with one attached hydrogen (secondary N) is 1. The van der Waals surface area contributed by atoms with Crippen LogP contribution < -0.4 is 5.32 Å². The van der Waals surface area contributed by atoms with Crippen molar-refractivity contribution in [2.24, 2.45) is 5.92 Å². The molecule has 4 nitrogen and oxygen atoms in total. The zero-order chi connectivity index (χ0) is 15.8. The van der Waals surface area contributed by atoms with E-state index in [4.69, 9.17) is 4.74 Å². The number of hydrogen-bond acceptors (Lipinski definition) is 3. The molecule has 0 saturated carbocycles. The molecule has 0 rings (SSSR count). The van der Waals surface area contributed by atoms with E-state index in [1.807, 2.05) is 20.8 Å². The Labute approximate surface area is 125 Å². The first-order valence-electron chi connectivity index (χ1n) is 7.92. The average Bonchev–Trinajstić information content (AvgIpc) is 2.34. The fourth-order valence-electron chi connectivity index (χ4n) is 1.87. The fraction of sp³-hybridized carbons (Fsp3) is 0.938. The van der Waals surface area contributed by atoms with Crippen LogP contribution in [0.1, 0.15) is 61.3 Å². The maximum absolute atomic E-state index is 12.1. The molecular formula is C16H34N2O2. The largest absolute Gasteiger partial charge is 0.444 e. The first-order chi connectivity index (χ1) is 9.21. The minimum atomic E-state index is -0.430. The van der Waals surface area contributed by atoms with Gasteiger partial charge in [0, 0.05) is 25.7 Å². The van der Waals surface area contributed by atoms with Crippen LogP contribution in [0.2, 0.25) is 0 Å². The molecule has 2 unspecified atom stereocenters. The Kier molecular flexibility index (Phi) is 8.86. The van der Waals surface area contributed by atoms with Crippen LogP contribution in [0.5, 0.6) is 0 Å². The van der Waals surface area contributed by atoms with Gasteiger partial charge in [-0.05, 0) is 40.0 Å². The lowest BCUT2D eigenvalue weighted by molar-refractivity contribution is 0.0250. The monoisotopic (exact) mass is 286 g/mol. The van der Waals surface area contributed by atoms with Crippen molar-refractivity contribution >= 4 is 6.09 Å². The molecule has 120 valence electrons. The standard InChI is InChI=1S/C16H34N2O2/c1-8-11-18(15(19)20-16(5,6)7)12-10-17-14(4)13(3)9-2/h13-14,17H,8-12H2,1-7H3. The van der Waals surface area contributed by atoms with Crippen molar-refractivity contribution in [3.05, 3.63) is 0 Å². The summed E-state index contributed by atoms with van der Waals surface area (Å²) in [5.41, 5.74) is -0.430. The van der Waals surface area contributed by atoms with E-state index in [-0.39, 0.29) is 6.09 Å². The Bertz CT molecular complexity index is 274. The number of rotatable bonds is 8. The van der Waals surface area contributed by atoms with Crippen molar-refractivity contribution in [1.82, 2.24) is 10.2 Å². The third-order valence-corrected chi connectivity index (χ3v) is 3.49. The van der Waals surface area contributed by atoms with Crippen LogP contribution in [0.4, 0.5) is 4.79 Å². The highest BCUT2D eigenvalue weighted by atomic mass is 16.6. The molecule has 0 radical (unpaired) electrons. The van der Waals surface area contributed by atoms with E-state index in [9.17, 15) is 4.79 Å². The van der Waals surface area contributed by atoms with Gasteiger partial charge in [-0.25, -0.2) is 4.79 Å². The number of amides is 1. The highest BCUT2D eigenvalue weighted by molar-refractivity contribution is 5.68. The van der Waals surface area contributed by atoms with E-state index in [0.717, 1.165) is 19.5 Å². The summed E-state index contributed by atoms with van der Waals surface area (Å²) in [5, 5.41) is 3.49. The third kappa shape index (κ3) is 8.41. The van der Waals surface area contributed by atoms with Crippen molar-refractivity contribution in [3.8, 4) is 0 Å². The van der Waals surface area contributed by atoms with Gasteiger partial charge in [-0.3, -0.25) is 0 Å². The Hall–Kier alpha value is -0.770. The van der Waals surface area contributed by atoms with Crippen LogP contribution in [-0.2, 0) is 4.74 Å². The first-order valence-corrected chi connectivity index (χ1v) is 7.92. The molecule has 1 N–H and O–H groups in total. The van der Waals surface area contributed by atoms with Gasteiger partial charge < -0.3 is 15.0 Å². The summed E-state index contributed by atoms with van der Waals surface area (Å²) in [6.45, 7) is 16.7. The number of carbonyl (C=O) groups is 1. The highest BCUT2D eigenvalue weighted by Gasteiger charge is 2.21. The molecule has 0 aliphatic rings. The average molecular weight is 286 g/mol. The molecule has 0 aromatic heterocycles. The maximum atomic E-state index is 12.1. The number of ether oxygens (including phenoxy) is 1. The molecule has 0 aliphatic carbocycles. The summed E-state index contributed by atoms with van der Waals surface area (Å²) in [5.74, 6) is 0.649. The molecule has 0 saturated heterocycles. The lowest BCUT2D eigenvalue weighted by atomic mass is 10.0. The molecule has 0 heterocycles. The molecule has 1 amide bonds. The molecule has 4 heteroatoms. The normalized spacial score (nSPS) is 14.8. The van der Waals surface area contributed by atoms with Crippen LogP contribution in [-0.4, -0.2) is 42.3 Å². The van der Waals surface area contributed by atoms with Crippen molar-refractivity contribution in [2.75, 3.05) is 19.6 Å². The molecule has 20 heavy (non-hydrogen) atoms. The van der Waals surface area contributed by atoms with E-state index in [1.54, 1.807) is 4.90 Å². The van der Waals surface area contributed by atoms with Gasteiger partial charge in [0.15, 0.2) is 0 Å². The van der Waals surface area contributed by atoms with Gasteiger partial charge in [-0.2, -0.15) is 0 Å². The van der Waals surface area contributed by atoms with Crippen LogP contribution in [0.25, 0.3) is 0 Å². The van der Waals surface area contributed by atoms with Gasteiger partial charge in [0.05, 0.1) is 0 Å². The van der Waals surface area contributed by atoms with E-state index in [2.05, 4.69) is 33.0 Å². The van der Waals surface area contributed by atoms with Crippen molar-refractivity contribution < 1.29 is 9.53 Å². The van der Waals surface area contributed by atoms with Gasteiger partial charge in [0.2, 0.25) is 0 Å². The van der Waals surface area contributed by atoms with Crippen LogP contribution in [0, 0.1) is 5.92 Å². The zero-order valence-corrected chi connectivity index (χ0v) is 14.5. The predicted molar refractivity (Wildman–Crippen MR) is 85.0 cm³/mol. The Morgan fingerprint density at radius 1 is 1.20 bits per heavy atom. The fourth-order valence-corrected chi connectivity index (χ4v) is 1.87. The summed E-state index contributed by atoms with van der Waals surface area (Å²) in [4.78, 5) is 13.9. The molecule has 0 spiro atoms. The maximum Gasteiger partial charge on any atom is 0.410 e. The van der Waals surface area contributed by atoms with Crippen molar-refractivity contribution in [3.63, 3.8) is 0 Å². The lowest BCUT2D eigenvalue weighted by Gasteiger charge is -2.28. The number of nitrogens with zero attached hydrogens (tertiary/aromatic N) is 1. The van der Waals surface area contributed by atoms with Crippen molar-refractivity contribution in [1.29, 1.82) is 0 Å². The second kappa shape index (κ2) is 9.22. The zero-order valence-electron chi connectivity index (χ0n) is 14.5. The van der Waals surface area contributed by atoms with Crippen molar-refractivity contribution in [2.45, 2.75) is 73.0 Å². The smallest absolute Gasteiger partial charge is 0.410 e. The van der Waals surface area contributed by atoms with Gasteiger partial charge in [0.25, 0.3) is 0 Å². The van der Waals surface area contributed by atoms with Crippen LogP contribution >= 0.6 is 0 Å². The molecule has 0 fully saturated rings. The third-order valence-electron chi connectivity index (χ3n) is 3.49. The SMILES string of the molecule is CCCN(CCNC(C)C(C)CC)C(=O)OC(C)(C)C. The minimum Gasteiger partial charge on any atom is -0.444 e. The van der Waals surface area contributed by atoms with Gasteiger partial charge in [-0.15, -0.1) is 0 Å². The second-order valence-electron chi connectivity index (χ2n) is 6.60. The number of carbonyl (C=O) groups excluding carboxylic acids is 1. The first kappa shape index (κ1) is 19.2. The Morgan fingerprint density at radius 3 is 2.25 bits per heavy atom. The summed E-state index contributed by atoms with van der Waals surface area (Å²) in [6.07, 6.45) is 1.90. The predicted octanol–water partition coefficient (Wildman–Crippen LogP) is 3.66. The van der Waals surface area contributed by atoms with Gasteiger partial charge >= 0.3 is 6.09 Å². The summed E-state index contributed by atoms with van der Waals surface area (Å²) < 4.78 is 5.44. The molecule has 0 aromatic rings. The van der Waals surface area contributed by atoms with E-state index in [1.165, 1.54) is 6.42 Å². The summed E-state index contributed by atoms with van der Waals surface area (Å²) >= 11 is 0. The Balaban J connectivity index is 4.24. The minimum absolute atomic E-state index is 0.211. The molecule has 0 aromatic carbocycles. The Morgan fingerprint density at radius 2 is 1.80 bits per heavy atom.